The Balaban J connectivity index is 1.65. The van der Waals surface area contributed by atoms with Crippen LogP contribution >= 0.6 is 0 Å². The first-order chi connectivity index (χ1) is 7.86. The Morgan fingerprint density at radius 2 is 2.12 bits per heavy atom. The van der Waals surface area contributed by atoms with Gasteiger partial charge in [0.05, 0.1) is 19.3 Å². The number of hydrogen-bond donors (Lipinski definition) is 2. The highest BCUT2D eigenvalue weighted by molar-refractivity contribution is 5.84. The molecule has 2 heterocycles. The minimum absolute atomic E-state index is 0.0230. The van der Waals surface area contributed by atoms with Gasteiger partial charge in [0, 0.05) is 45.7 Å². The van der Waals surface area contributed by atoms with Crippen molar-refractivity contribution in [3.05, 3.63) is 0 Å². The molecule has 2 rings (SSSR count). The molecule has 2 N–H and O–H groups in total. The van der Waals surface area contributed by atoms with Gasteiger partial charge >= 0.3 is 0 Å². The van der Waals surface area contributed by atoms with Crippen LogP contribution < -0.4 is 10.6 Å². The van der Waals surface area contributed by atoms with Gasteiger partial charge in [0.25, 0.3) is 0 Å². The van der Waals surface area contributed by atoms with Crippen LogP contribution in [-0.2, 0) is 9.53 Å². The summed E-state index contributed by atoms with van der Waals surface area (Å²) in [5.74, 6) is 0.332. The van der Waals surface area contributed by atoms with Gasteiger partial charge in [0.1, 0.15) is 0 Å². The zero-order valence-corrected chi connectivity index (χ0v) is 9.71. The summed E-state index contributed by atoms with van der Waals surface area (Å²) in [6.07, 6.45) is 0.652. The van der Waals surface area contributed by atoms with Crippen LogP contribution in [0.2, 0.25) is 0 Å². The molecule has 0 bridgehead atoms. The molecule has 1 atom stereocenters. The van der Waals surface area contributed by atoms with Gasteiger partial charge in [0.15, 0.2) is 5.78 Å². The Hall–Kier alpha value is -0.490. The van der Waals surface area contributed by atoms with E-state index in [0.717, 1.165) is 52.5 Å². The Morgan fingerprint density at radius 1 is 1.31 bits per heavy atom. The highest BCUT2D eigenvalue weighted by Gasteiger charge is 2.20. The number of piperazine rings is 1. The number of rotatable bonds is 4. The van der Waals surface area contributed by atoms with Gasteiger partial charge in [-0.05, 0) is 0 Å². The molecule has 5 heteroatoms. The normalized spacial score (nSPS) is 27.9. The molecular formula is C11H21N3O2. The summed E-state index contributed by atoms with van der Waals surface area (Å²) in [4.78, 5) is 14.2. The van der Waals surface area contributed by atoms with E-state index in [2.05, 4.69) is 15.5 Å². The van der Waals surface area contributed by atoms with Crippen molar-refractivity contribution in [1.29, 1.82) is 0 Å². The molecule has 0 spiro atoms. The lowest BCUT2D eigenvalue weighted by Crippen LogP contribution is -2.52. The molecular weight excluding hydrogens is 206 g/mol. The zero-order valence-electron chi connectivity index (χ0n) is 9.71. The number of hydrogen-bond acceptors (Lipinski definition) is 5. The van der Waals surface area contributed by atoms with Gasteiger partial charge in [0.2, 0.25) is 0 Å². The monoisotopic (exact) mass is 227 g/mol. The average Bonchev–Trinajstić information content (AvgIpc) is 2.38. The number of ether oxygens (including phenoxy) is 1. The van der Waals surface area contributed by atoms with Crippen molar-refractivity contribution in [3.63, 3.8) is 0 Å². The fourth-order valence-electron chi connectivity index (χ4n) is 2.15. The Bertz CT molecular complexity index is 223. The number of nitrogens with one attached hydrogen (secondary N) is 2. The van der Waals surface area contributed by atoms with E-state index in [1.807, 2.05) is 0 Å². The van der Waals surface area contributed by atoms with E-state index >= 15 is 0 Å². The van der Waals surface area contributed by atoms with E-state index in [4.69, 9.17) is 4.74 Å². The molecule has 0 saturated carbocycles. The van der Waals surface area contributed by atoms with Crippen LogP contribution in [-0.4, -0.2) is 69.2 Å². The second-order valence-electron chi connectivity index (χ2n) is 4.38. The summed E-state index contributed by atoms with van der Waals surface area (Å²) in [6, 6.07) is 0.0230. The second-order valence-corrected chi connectivity index (χ2v) is 4.38. The van der Waals surface area contributed by atoms with Gasteiger partial charge in [-0.1, -0.05) is 0 Å². The maximum absolute atomic E-state index is 11.9. The van der Waals surface area contributed by atoms with Crippen molar-refractivity contribution in [2.75, 3.05) is 52.5 Å². The van der Waals surface area contributed by atoms with E-state index in [1.54, 1.807) is 0 Å². The minimum atomic E-state index is 0.0230. The fourth-order valence-corrected chi connectivity index (χ4v) is 2.15. The van der Waals surface area contributed by atoms with Gasteiger partial charge in [-0.2, -0.15) is 0 Å². The van der Waals surface area contributed by atoms with Crippen molar-refractivity contribution >= 4 is 5.78 Å². The molecule has 1 unspecified atom stereocenters. The Kier molecular flexibility index (Phi) is 4.71. The molecule has 0 aromatic heterocycles. The molecule has 0 radical (unpaired) electrons. The van der Waals surface area contributed by atoms with Crippen molar-refractivity contribution in [1.82, 2.24) is 15.5 Å². The topological polar surface area (TPSA) is 53.6 Å². The summed E-state index contributed by atoms with van der Waals surface area (Å²) in [6.45, 7) is 7.05. The summed E-state index contributed by atoms with van der Waals surface area (Å²) < 4.78 is 5.27. The van der Waals surface area contributed by atoms with Gasteiger partial charge in [-0.15, -0.1) is 0 Å². The molecule has 0 aromatic rings. The van der Waals surface area contributed by atoms with Crippen LogP contribution in [0.25, 0.3) is 0 Å². The van der Waals surface area contributed by atoms with Crippen LogP contribution in [0.3, 0.4) is 0 Å². The molecule has 0 amide bonds. The lowest BCUT2D eigenvalue weighted by Gasteiger charge is -2.28. The minimum Gasteiger partial charge on any atom is -0.379 e. The van der Waals surface area contributed by atoms with Crippen molar-refractivity contribution in [2.45, 2.75) is 12.5 Å². The maximum Gasteiger partial charge on any atom is 0.152 e. The largest absolute Gasteiger partial charge is 0.379 e. The van der Waals surface area contributed by atoms with E-state index in [0.29, 0.717) is 12.2 Å². The van der Waals surface area contributed by atoms with Gasteiger partial charge < -0.3 is 15.4 Å². The third kappa shape index (κ3) is 3.52. The molecule has 5 nitrogen and oxygen atoms in total. The van der Waals surface area contributed by atoms with E-state index < -0.39 is 0 Å². The van der Waals surface area contributed by atoms with Crippen LogP contribution in [0, 0.1) is 0 Å². The van der Waals surface area contributed by atoms with Crippen LogP contribution in [0.1, 0.15) is 6.42 Å². The predicted octanol–water partition coefficient (Wildman–Crippen LogP) is -1.16. The first-order valence-electron chi connectivity index (χ1n) is 6.13. The zero-order chi connectivity index (χ0) is 11.2. The Labute approximate surface area is 96.5 Å². The standard InChI is InChI=1S/C11H21N3O2/c15-11(10-9-12-2-3-13-10)1-4-14-5-7-16-8-6-14/h10,12-13H,1-9H2. The van der Waals surface area contributed by atoms with Crippen molar-refractivity contribution < 1.29 is 9.53 Å². The van der Waals surface area contributed by atoms with E-state index in [1.165, 1.54) is 0 Å². The van der Waals surface area contributed by atoms with E-state index in [-0.39, 0.29) is 6.04 Å². The Morgan fingerprint density at radius 3 is 2.81 bits per heavy atom. The first kappa shape index (κ1) is 12.0. The van der Waals surface area contributed by atoms with Gasteiger partial charge in [-0.25, -0.2) is 0 Å². The predicted molar refractivity (Wildman–Crippen MR) is 61.5 cm³/mol. The average molecular weight is 227 g/mol. The number of ketones is 1. The lowest BCUT2D eigenvalue weighted by molar-refractivity contribution is -0.121. The molecule has 16 heavy (non-hydrogen) atoms. The summed E-state index contributed by atoms with van der Waals surface area (Å²) >= 11 is 0. The second kappa shape index (κ2) is 6.30. The third-order valence-electron chi connectivity index (χ3n) is 3.21. The SMILES string of the molecule is O=C(CCN1CCOCC1)C1CNCCN1. The summed E-state index contributed by atoms with van der Waals surface area (Å²) in [5.41, 5.74) is 0. The van der Waals surface area contributed by atoms with Crippen molar-refractivity contribution in [2.24, 2.45) is 0 Å². The molecule has 2 fully saturated rings. The molecule has 2 saturated heterocycles. The van der Waals surface area contributed by atoms with Crippen molar-refractivity contribution in [3.8, 4) is 0 Å². The third-order valence-corrected chi connectivity index (χ3v) is 3.21. The lowest BCUT2D eigenvalue weighted by atomic mass is 10.1. The molecule has 0 aliphatic carbocycles. The van der Waals surface area contributed by atoms with Crippen LogP contribution in [0.5, 0.6) is 0 Å². The maximum atomic E-state index is 11.9. The number of nitrogens with zero attached hydrogens (tertiary/aromatic N) is 1. The summed E-state index contributed by atoms with van der Waals surface area (Å²) in [5, 5.41) is 6.49. The fraction of sp³-hybridized carbons (Fsp3) is 0.909. The first-order valence-corrected chi connectivity index (χ1v) is 6.13. The number of carbonyl (C=O) groups excluding carboxylic acids is 1. The molecule has 2 aliphatic rings. The molecule has 2 aliphatic heterocycles. The number of carbonyl (C=O) groups is 1. The number of morpholine rings is 1. The van der Waals surface area contributed by atoms with Gasteiger partial charge in [-0.3, -0.25) is 9.69 Å². The van der Waals surface area contributed by atoms with Crippen LogP contribution in [0.15, 0.2) is 0 Å². The van der Waals surface area contributed by atoms with E-state index in [9.17, 15) is 4.79 Å². The quantitative estimate of drug-likeness (QED) is 0.634. The smallest absolute Gasteiger partial charge is 0.152 e. The highest BCUT2D eigenvalue weighted by atomic mass is 16.5. The number of Topliss-reactive ketones (excluding diaryl/α,β-unsaturated/α-hetero) is 1. The molecule has 0 aromatic carbocycles. The highest BCUT2D eigenvalue weighted by Crippen LogP contribution is 2.01. The summed E-state index contributed by atoms with van der Waals surface area (Å²) in [7, 11) is 0. The van der Waals surface area contributed by atoms with Crippen LogP contribution in [0.4, 0.5) is 0 Å². The molecule has 92 valence electrons.